The Bertz CT molecular complexity index is 886. The van der Waals surface area contributed by atoms with E-state index in [0.29, 0.717) is 0 Å². The Balaban J connectivity index is 0.000000244. The summed E-state index contributed by atoms with van der Waals surface area (Å²) in [6.07, 6.45) is 0. The van der Waals surface area contributed by atoms with Gasteiger partial charge in [-0.2, -0.15) is 0 Å². The molecule has 27 heavy (non-hydrogen) atoms. The summed E-state index contributed by atoms with van der Waals surface area (Å²) in [4.78, 5) is 29.6. The molecular weight excluding hydrogens is 354 g/mol. The third-order valence-corrected chi connectivity index (χ3v) is 3.46. The first-order valence-corrected chi connectivity index (χ1v) is 7.57. The smallest absolute Gasteiger partial charge is 0.258 e. The van der Waals surface area contributed by atoms with Crippen LogP contribution in [0.1, 0.15) is 0 Å². The van der Waals surface area contributed by atoms with E-state index in [0.717, 1.165) is 11.1 Å². The van der Waals surface area contributed by atoms with Gasteiger partial charge in [0.2, 0.25) is 0 Å². The second-order valence-corrected chi connectivity index (χ2v) is 5.20. The van der Waals surface area contributed by atoms with E-state index in [1.54, 1.807) is 42.5 Å². The number of non-ortho nitro benzene ring substituents is 3. The van der Waals surface area contributed by atoms with Crippen molar-refractivity contribution in [2.24, 2.45) is 0 Å². The molecule has 0 heterocycles. The average molecular weight is 367 g/mol. The summed E-state index contributed by atoms with van der Waals surface area (Å²) in [5, 5.41) is 31.0. The fourth-order valence-electron chi connectivity index (χ4n) is 2.10. The molecule has 0 bridgehead atoms. The van der Waals surface area contributed by atoms with Crippen LogP contribution >= 0.6 is 0 Å². The van der Waals surface area contributed by atoms with Crippen LogP contribution in [0.3, 0.4) is 0 Å². The molecule has 0 aliphatic heterocycles. The Kier molecular flexibility index (Phi) is 6.26. The molecule has 0 fully saturated rings. The van der Waals surface area contributed by atoms with E-state index >= 15 is 0 Å². The molecule has 0 atom stereocenters. The van der Waals surface area contributed by atoms with Gasteiger partial charge in [0, 0.05) is 36.4 Å². The van der Waals surface area contributed by atoms with Crippen LogP contribution in [0.2, 0.25) is 0 Å². The van der Waals surface area contributed by atoms with E-state index < -0.39 is 14.8 Å². The van der Waals surface area contributed by atoms with E-state index in [4.69, 9.17) is 0 Å². The lowest BCUT2D eigenvalue weighted by atomic mass is 10.1. The number of benzene rings is 3. The number of hydrogen-bond acceptors (Lipinski definition) is 6. The molecule has 0 saturated carbocycles. The number of rotatable bonds is 4. The van der Waals surface area contributed by atoms with Crippen LogP contribution in [0.25, 0.3) is 11.1 Å². The van der Waals surface area contributed by atoms with Gasteiger partial charge in [-0.25, -0.2) is 0 Å². The van der Waals surface area contributed by atoms with Crippen molar-refractivity contribution < 1.29 is 14.8 Å². The normalized spacial score (nSPS) is 9.63. The lowest BCUT2D eigenvalue weighted by Gasteiger charge is -2.00. The predicted octanol–water partition coefficient (Wildman–Crippen LogP) is 4.76. The van der Waals surface area contributed by atoms with Crippen LogP contribution in [0.4, 0.5) is 17.1 Å². The Morgan fingerprint density at radius 2 is 0.741 bits per heavy atom. The van der Waals surface area contributed by atoms with Crippen LogP contribution < -0.4 is 0 Å². The molecule has 0 aliphatic rings. The maximum absolute atomic E-state index is 10.5. The van der Waals surface area contributed by atoms with Crippen molar-refractivity contribution in [3.63, 3.8) is 0 Å². The van der Waals surface area contributed by atoms with Gasteiger partial charge in [-0.15, -0.1) is 0 Å². The predicted molar refractivity (Wildman–Crippen MR) is 98.3 cm³/mol. The van der Waals surface area contributed by atoms with Crippen LogP contribution in [0.15, 0.2) is 78.9 Å². The standard InChI is InChI=1S/C12H8N2O4.C6H5NO2/c15-13(16)11-5-1-9(2-6-11)10-3-7-12(8-4-10)14(17)18;8-7(9)6-4-2-1-3-5-6/h1-8H;1-5H. The van der Waals surface area contributed by atoms with E-state index in [-0.39, 0.29) is 17.1 Å². The van der Waals surface area contributed by atoms with Gasteiger partial charge in [0.15, 0.2) is 0 Å². The zero-order valence-electron chi connectivity index (χ0n) is 13.8. The van der Waals surface area contributed by atoms with Gasteiger partial charge >= 0.3 is 0 Å². The summed E-state index contributed by atoms with van der Waals surface area (Å²) in [6, 6.07) is 20.0. The monoisotopic (exact) mass is 367 g/mol. The van der Waals surface area contributed by atoms with Crippen molar-refractivity contribution in [3.05, 3.63) is 109 Å². The number of para-hydroxylation sites is 1. The molecule has 0 saturated heterocycles. The van der Waals surface area contributed by atoms with E-state index in [2.05, 4.69) is 0 Å². The van der Waals surface area contributed by atoms with Crippen molar-refractivity contribution in [1.82, 2.24) is 0 Å². The van der Waals surface area contributed by atoms with Crippen molar-refractivity contribution in [2.45, 2.75) is 0 Å². The molecular formula is C18H13N3O6. The lowest BCUT2D eigenvalue weighted by Crippen LogP contribution is -1.88. The van der Waals surface area contributed by atoms with Gasteiger partial charge in [0.25, 0.3) is 17.1 Å². The van der Waals surface area contributed by atoms with Crippen molar-refractivity contribution in [3.8, 4) is 11.1 Å². The summed E-state index contributed by atoms with van der Waals surface area (Å²) >= 11 is 0. The largest absolute Gasteiger partial charge is 0.269 e. The summed E-state index contributed by atoms with van der Waals surface area (Å²) in [5.74, 6) is 0. The molecule has 3 aromatic carbocycles. The van der Waals surface area contributed by atoms with Crippen LogP contribution in [-0.2, 0) is 0 Å². The third-order valence-electron chi connectivity index (χ3n) is 3.46. The molecule has 136 valence electrons. The molecule has 0 amide bonds. The highest BCUT2D eigenvalue weighted by molar-refractivity contribution is 5.65. The quantitative estimate of drug-likeness (QED) is 0.482. The second-order valence-electron chi connectivity index (χ2n) is 5.20. The van der Waals surface area contributed by atoms with E-state index in [1.165, 1.54) is 36.4 Å². The maximum Gasteiger partial charge on any atom is 0.269 e. The molecule has 0 aliphatic carbocycles. The van der Waals surface area contributed by atoms with Crippen LogP contribution in [0.5, 0.6) is 0 Å². The fourth-order valence-corrected chi connectivity index (χ4v) is 2.10. The highest BCUT2D eigenvalue weighted by atomic mass is 16.6. The molecule has 3 aromatic rings. The first-order chi connectivity index (χ1) is 12.9. The van der Waals surface area contributed by atoms with E-state index in [9.17, 15) is 30.3 Å². The first kappa shape index (κ1) is 19.2. The van der Waals surface area contributed by atoms with Crippen molar-refractivity contribution in [2.75, 3.05) is 0 Å². The molecule has 9 nitrogen and oxygen atoms in total. The van der Waals surface area contributed by atoms with Crippen LogP contribution in [0, 0.1) is 30.3 Å². The lowest BCUT2D eigenvalue weighted by molar-refractivity contribution is -0.385. The third kappa shape index (κ3) is 5.43. The first-order valence-electron chi connectivity index (χ1n) is 7.57. The summed E-state index contributed by atoms with van der Waals surface area (Å²) < 4.78 is 0. The topological polar surface area (TPSA) is 129 Å². The van der Waals surface area contributed by atoms with Crippen LogP contribution in [-0.4, -0.2) is 14.8 Å². The van der Waals surface area contributed by atoms with Gasteiger partial charge in [-0.3, -0.25) is 30.3 Å². The number of hydrogen-bond donors (Lipinski definition) is 0. The Labute approximate surface area is 153 Å². The summed E-state index contributed by atoms with van der Waals surface area (Å²) in [7, 11) is 0. The van der Waals surface area contributed by atoms with E-state index in [1.807, 2.05) is 0 Å². The highest BCUT2D eigenvalue weighted by Crippen LogP contribution is 2.24. The molecule has 0 radical (unpaired) electrons. The average Bonchev–Trinajstić information content (AvgIpc) is 2.69. The fraction of sp³-hybridized carbons (Fsp3) is 0. The number of nitro benzene ring substituents is 3. The molecule has 0 aromatic heterocycles. The summed E-state index contributed by atoms with van der Waals surface area (Å²) in [5.41, 5.74) is 1.71. The molecule has 9 heteroatoms. The Morgan fingerprint density at radius 3 is 1.00 bits per heavy atom. The Hall–Kier alpha value is -4.14. The zero-order valence-corrected chi connectivity index (χ0v) is 13.8. The summed E-state index contributed by atoms with van der Waals surface area (Å²) in [6.45, 7) is 0. The molecule has 0 N–H and O–H groups in total. The van der Waals surface area contributed by atoms with Gasteiger partial charge in [0.1, 0.15) is 0 Å². The van der Waals surface area contributed by atoms with Crippen molar-refractivity contribution in [1.29, 1.82) is 0 Å². The number of nitrogens with zero attached hydrogens (tertiary/aromatic N) is 3. The maximum atomic E-state index is 10.5. The molecule has 3 rings (SSSR count). The number of nitro groups is 3. The minimum absolute atomic E-state index is 0.0145. The highest BCUT2D eigenvalue weighted by Gasteiger charge is 2.07. The second kappa shape index (κ2) is 8.81. The SMILES string of the molecule is O=[N+]([O-])c1ccc(-c2ccc([N+](=O)[O-])cc2)cc1.O=[N+]([O-])c1ccccc1. The molecule has 0 unspecified atom stereocenters. The Morgan fingerprint density at radius 1 is 0.444 bits per heavy atom. The van der Waals surface area contributed by atoms with Gasteiger partial charge in [-0.05, 0) is 35.4 Å². The molecule has 0 spiro atoms. The zero-order chi connectivity index (χ0) is 19.8. The van der Waals surface area contributed by atoms with Gasteiger partial charge in [-0.1, -0.05) is 18.2 Å². The van der Waals surface area contributed by atoms with Gasteiger partial charge in [0.05, 0.1) is 14.8 Å². The minimum Gasteiger partial charge on any atom is -0.258 e. The van der Waals surface area contributed by atoms with Crippen molar-refractivity contribution >= 4 is 17.1 Å². The minimum atomic E-state index is -0.473. The van der Waals surface area contributed by atoms with Gasteiger partial charge < -0.3 is 0 Å².